The minimum atomic E-state index is -0.799. The molecule has 0 radical (unpaired) electrons. The number of anilines is 1. The van der Waals surface area contributed by atoms with Crippen LogP contribution in [0.5, 0.6) is 0 Å². The van der Waals surface area contributed by atoms with E-state index in [9.17, 15) is 14.4 Å². The molecule has 3 rings (SSSR count). The van der Waals surface area contributed by atoms with E-state index in [0.29, 0.717) is 11.3 Å². The lowest BCUT2D eigenvalue weighted by Crippen LogP contribution is -2.05. The number of carbonyl (C=O) groups is 3. The van der Waals surface area contributed by atoms with Crippen LogP contribution in [0.4, 0.5) is 5.69 Å². The van der Waals surface area contributed by atoms with E-state index in [0.717, 1.165) is 29.3 Å². The molecule has 0 aliphatic carbocycles. The topological polar surface area (TPSA) is 109 Å². The van der Waals surface area contributed by atoms with Gasteiger partial charge in [0.05, 0.1) is 6.42 Å². The number of aliphatic carboxylic acids is 1. The van der Waals surface area contributed by atoms with Gasteiger partial charge in [-0.05, 0) is 60.5 Å². The van der Waals surface area contributed by atoms with Gasteiger partial charge < -0.3 is 16.2 Å². The summed E-state index contributed by atoms with van der Waals surface area (Å²) >= 11 is 3.26. The molecule has 0 fully saturated rings. The Morgan fingerprint density at radius 1 is 0.938 bits per heavy atom. The number of carboxylic acids is 1. The predicted molar refractivity (Wildman–Crippen MR) is 131 cm³/mol. The third-order valence-corrected chi connectivity index (χ3v) is 4.44. The molecular weight excluding hydrogens is 472 g/mol. The lowest BCUT2D eigenvalue weighted by atomic mass is 10.2. The third kappa shape index (κ3) is 12.4. The van der Waals surface area contributed by atoms with Crippen LogP contribution < -0.4 is 11.1 Å². The van der Waals surface area contributed by atoms with E-state index in [-0.39, 0.29) is 12.3 Å². The third-order valence-electron chi connectivity index (χ3n) is 3.91. The highest BCUT2D eigenvalue weighted by atomic mass is 79.9. The van der Waals surface area contributed by atoms with Gasteiger partial charge in [0, 0.05) is 22.6 Å². The summed E-state index contributed by atoms with van der Waals surface area (Å²) in [6, 6.07) is 24.2. The van der Waals surface area contributed by atoms with E-state index in [1.54, 1.807) is 36.4 Å². The molecule has 0 aromatic heterocycles. The predicted octanol–water partition coefficient (Wildman–Crippen LogP) is 4.72. The van der Waals surface area contributed by atoms with Gasteiger partial charge in [-0.25, -0.2) is 0 Å². The standard InChI is InChI=1S/C9H9NO2.C8H7BrO2.C8H11N/c1-7(12)10-9-4-2-8(6-11)3-5-9;9-7-3-1-6(2-4-7)5-8(10)11;9-7-6-8-4-2-1-3-5-8/h2-6H,1H3,(H,10,12);1-4H,5H2,(H,10,11);1-5H,6-7,9H2. The fraction of sp³-hybridized carbons (Fsp3) is 0.160. The second-order valence-electron chi connectivity index (χ2n) is 6.64. The van der Waals surface area contributed by atoms with Crippen LogP contribution in [0.2, 0.25) is 0 Å². The Balaban J connectivity index is 0.000000242. The minimum absolute atomic E-state index is 0.0906. The second-order valence-corrected chi connectivity index (χ2v) is 7.56. The first kappa shape index (κ1) is 26.7. The van der Waals surface area contributed by atoms with Gasteiger partial charge in [0.2, 0.25) is 5.91 Å². The SMILES string of the molecule is CC(=O)Nc1ccc(C=O)cc1.NCCc1ccccc1.O=C(O)Cc1ccc(Br)cc1. The quantitative estimate of drug-likeness (QED) is 0.425. The monoisotopic (exact) mass is 498 g/mol. The molecule has 32 heavy (non-hydrogen) atoms. The molecule has 0 saturated heterocycles. The first-order valence-electron chi connectivity index (χ1n) is 9.87. The molecule has 6 nitrogen and oxygen atoms in total. The van der Waals surface area contributed by atoms with Crippen LogP contribution >= 0.6 is 15.9 Å². The number of hydrogen-bond acceptors (Lipinski definition) is 4. The van der Waals surface area contributed by atoms with Gasteiger partial charge in [-0.2, -0.15) is 0 Å². The van der Waals surface area contributed by atoms with Gasteiger partial charge in [0.15, 0.2) is 0 Å². The number of amides is 1. The molecule has 168 valence electrons. The van der Waals surface area contributed by atoms with E-state index < -0.39 is 5.97 Å². The minimum Gasteiger partial charge on any atom is -0.481 e. The van der Waals surface area contributed by atoms with Crippen molar-refractivity contribution in [2.24, 2.45) is 5.73 Å². The number of hydrogen-bond donors (Lipinski definition) is 3. The van der Waals surface area contributed by atoms with E-state index in [1.807, 2.05) is 30.3 Å². The zero-order chi connectivity index (χ0) is 23.8. The smallest absolute Gasteiger partial charge is 0.307 e. The molecule has 3 aromatic rings. The normalized spacial score (nSPS) is 9.34. The molecule has 3 aromatic carbocycles. The van der Waals surface area contributed by atoms with Gasteiger partial charge in [0.1, 0.15) is 6.29 Å². The molecule has 0 bridgehead atoms. The Hall–Kier alpha value is -3.29. The van der Waals surface area contributed by atoms with Crippen molar-refractivity contribution in [3.8, 4) is 0 Å². The highest BCUT2D eigenvalue weighted by Crippen LogP contribution is 2.10. The Kier molecular flexibility index (Phi) is 13.0. The molecule has 0 atom stereocenters. The molecule has 0 aliphatic heterocycles. The zero-order valence-corrected chi connectivity index (χ0v) is 19.4. The Morgan fingerprint density at radius 3 is 2.00 bits per heavy atom. The van der Waals surface area contributed by atoms with Gasteiger partial charge in [0.25, 0.3) is 0 Å². The van der Waals surface area contributed by atoms with Crippen LogP contribution in [-0.4, -0.2) is 29.8 Å². The van der Waals surface area contributed by atoms with Crippen LogP contribution in [-0.2, 0) is 22.4 Å². The first-order chi connectivity index (χ1) is 15.3. The molecule has 0 unspecified atom stereocenters. The van der Waals surface area contributed by atoms with E-state index in [4.69, 9.17) is 10.8 Å². The number of aldehydes is 1. The summed E-state index contributed by atoms with van der Waals surface area (Å²) in [5.74, 6) is -0.916. The maximum absolute atomic E-state index is 10.6. The number of benzene rings is 3. The summed E-state index contributed by atoms with van der Waals surface area (Å²) in [7, 11) is 0. The number of nitrogens with one attached hydrogen (secondary N) is 1. The van der Waals surface area contributed by atoms with Gasteiger partial charge in [-0.3, -0.25) is 14.4 Å². The molecule has 0 heterocycles. The van der Waals surface area contributed by atoms with Crippen LogP contribution in [0.1, 0.15) is 28.4 Å². The number of rotatable bonds is 6. The lowest BCUT2D eigenvalue weighted by molar-refractivity contribution is -0.136. The number of nitrogens with two attached hydrogens (primary N) is 1. The number of carbonyl (C=O) groups excluding carboxylic acids is 2. The maximum atomic E-state index is 10.6. The molecule has 0 saturated carbocycles. The van der Waals surface area contributed by atoms with Crippen LogP contribution in [0, 0.1) is 0 Å². The van der Waals surface area contributed by atoms with E-state index in [2.05, 4.69) is 33.4 Å². The summed E-state index contributed by atoms with van der Waals surface area (Å²) in [6.07, 6.45) is 1.84. The van der Waals surface area contributed by atoms with E-state index >= 15 is 0 Å². The van der Waals surface area contributed by atoms with Crippen molar-refractivity contribution in [3.05, 3.63) is 100 Å². The Morgan fingerprint density at radius 2 is 1.53 bits per heavy atom. The molecular formula is C25H27BrN2O4. The average Bonchev–Trinajstić information content (AvgIpc) is 2.77. The Bertz CT molecular complexity index is 959. The summed E-state index contributed by atoms with van der Waals surface area (Å²) < 4.78 is 0.964. The van der Waals surface area contributed by atoms with Crippen molar-refractivity contribution >= 4 is 39.8 Å². The maximum Gasteiger partial charge on any atom is 0.307 e. The average molecular weight is 499 g/mol. The Labute approximate surface area is 196 Å². The number of carboxylic acid groups (broad SMARTS) is 1. The first-order valence-corrected chi connectivity index (χ1v) is 10.7. The zero-order valence-electron chi connectivity index (χ0n) is 17.8. The molecule has 0 spiro atoms. The van der Waals surface area contributed by atoms with Gasteiger partial charge >= 0.3 is 5.97 Å². The van der Waals surface area contributed by atoms with Crippen molar-refractivity contribution in [3.63, 3.8) is 0 Å². The fourth-order valence-corrected chi connectivity index (χ4v) is 2.70. The molecule has 0 aliphatic rings. The van der Waals surface area contributed by atoms with Crippen LogP contribution in [0.3, 0.4) is 0 Å². The summed E-state index contributed by atoms with van der Waals surface area (Å²) in [4.78, 5) is 31.1. The summed E-state index contributed by atoms with van der Waals surface area (Å²) in [6.45, 7) is 2.18. The van der Waals surface area contributed by atoms with Crippen molar-refractivity contribution < 1.29 is 19.5 Å². The summed E-state index contributed by atoms with van der Waals surface area (Å²) in [5, 5.41) is 11.0. The highest BCUT2D eigenvalue weighted by molar-refractivity contribution is 9.10. The van der Waals surface area contributed by atoms with Gasteiger partial charge in [-0.1, -0.05) is 58.4 Å². The number of halogens is 1. The molecule has 4 N–H and O–H groups in total. The van der Waals surface area contributed by atoms with Crippen LogP contribution in [0.15, 0.2) is 83.3 Å². The summed E-state index contributed by atoms with van der Waals surface area (Å²) in [5.41, 5.74) is 8.80. The van der Waals surface area contributed by atoms with Gasteiger partial charge in [-0.15, -0.1) is 0 Å². The van der Waals surface area contributed by atoms with Crippen molar-refractivity contribution in [2.45, 2.75) is 19.8 Å². The highest BCUT2D eigenvalue weighted by Gasteiger charge is 1.98. The van der Waals surface area contributed by atoms with Crippen molar-refractivity contribution in [1.82, 2.24) is 0 Å². The molecule has 7 heteroatoms. The molecule has 1 amide bonds. The fourth-order valence-electron chi connectivity index (χ4n) is 2.44. The van der Waals surface area contributed by atoms with Crippen molar-refractivity contribution in [2.75, 3.05) is 11.9 Å². The second kappa shape index (κ2) is 15.5. The van der Waals surface area contributed by atoms with E-state index in [1.165, 1.54) is 12.5 Å². The van der Waals surface area contributed by atoms with Crippen LogP contribution in [0.25, 0.3) is 0 Å². The largest absolute Gasteiger partial charge is 0.481 e. The lowest BCUT2D eigenvalue weighted by Gasteiger charge is -2.00. The van der Waals surface area contributed by atoms with Crippen molar-refractivity contribution in [1.29, 1.82) is 0 Å².